The Morgan fingerprint density at radius 3 is 2.63 bits per heavy atom. The number of aliphatic hydroxyl groups is 2. The van der Waals surface area contributed by atoms with Crippen LogP contribution in [0.2, 0.25) is 0 Å². The predicted molar refractivity (Wildman–Crippen MR) is 201 cm³/mol. The third-order valence-corrected chi connectivity index (χ3v) is 11.9. The Morgan fingerprint density at radius 2 is 1.90 bits per heavy atom. The number of benzene rings is 2. The highest BCUT2D eigenvalue weighted by molar-refractivity contribution is 8.00. The summed E-state index contributed by atoms with van der Waals surface area (Å²) in [4.78, 5) is 17.2. The van der Waals surface area contributed by atoms with E-state index < -0.39 is 10.7 Å². The Hall–Kier alpha value is -3.42. The number of allylic oxidation sites excluding steroid dienone is 1. The number of unbranched alkanes of at least 4 members (excludes halogenated alkanes) is 2. The van der Waals surface area contributed by atoms with Crippen LogP contribution in [-0.2, 0) is 14.3 Å². The summed E-state index contributed by atoms with van der Waals surface area (Å²) in [5.41, 5.74) is 2.87. The monoisotopic (exact) mass is 736 g/mol. The van der Waals surface area contributed by atoms with Crippen LogP contribution in [0.15, 0.2) is 71.9 Å². The molecule has 1 saturated carbocycles. The lowest BCUT2D eigenvalue weighted by Gasteiger charge is -2.58. The number of non-ortho nitro benzene ring substituents is 1. The normalized spacial score (nSPS) is 28.6. The second-order valence-corrected chi connectivity index (χ2v) is 15.4. The van der Waals surface area contributed by atoms with Crippen molar-refractivity contribution < 1.29 is 38.9 Å². The van der Waals surface area contributed by atoms with E-state index in [4.69, 9.17) is 28.9 Å². The fourth-order valence-corrected chi connectivity index (χ4v) is 9.63. The molecule has 0 aromatic heterocycles. The molecule has 52 heavy (non-hydrogen) atoms. The van der Waals surface area contributed by atoms with Gasteiger partial charge in [-0.1, -0.05) is 43.1 Å². The largest absolute Gasteiger partial charge is 0.460 e. The van der Waals surface area contributed by atoms with Crippen LogP contribution in [0.3, 0.4) is 0 Å². The number of aliphatic hydroxyl groups excluding tert-OH is 2. The van der Waals surface area contributed by atoms with Gasteiger partial charge in [-0.2, -0.15) is 11.8 Å². The second kappa shape index (κ2) is 18.1. The maximum atomic E-state index is 11.5. The van der Waals surface area contributed by atoms with Gasteiger partial charge >= 0.3 is 0 Å². The summed E-state index contributed by atoms with van der Waals surface area (Å²) in [6.45, 7) is 7.34. The van der Waals surface area contributed by atoms with E-state index in [-0.39, 0.29) is 54.1 Å². The highest BCUT2D eigenvalue weighted by atomic mass is 32.2. The molecule has 0 radical (unpaired) electrons. The molecule has 12 heteroatoms. The maximum absolute atomic E-state index is 11.5. The number of nitro benzene ring substituents is 1. The van der Waals surface area contributed by atoms with Crippen LogP contribution in [-0.4, -0.2) is 70.4 Å². The van der Waals surface area contributed by atoms with Crippen LogP contribution in [0.1, 0.15) is 82.6 Å². The van der Waals surface area contributed by atoms with Crippen molar-refractivity contribution >= 4 is 23.2 Å². The van der Waals surface area contributed by atoms with Crippen LogP contribution >= 0.6 is 11.8 Å². The van der Waals surface area contributed by atoms with Gasteiger partial charge in [-0.05, 0) is 86.0 Å². The Kier molecular flexibility index (Phi) is 13.3. The van der Waals surface area contributed by atoms with Crippen molar-refractivity contribution in [3.05, 3.63) is 82.4 Å². The Bertz CT molecular complexity index is 1590. The Balaban J connectivity index is 1.51. The number of hydrogen-bond donors (Lipinski definition) is 2. The van der Waals surface area contributed by atoms with E-state index in [9.17, 15) is 20.3 Å². The van der Waals surface area contributed by atoms with Crippen molar-refractivity contribution in [2.45, 2.75) is 94.4 Å². The average molecular weight is 737 g/mol. The van der Waals surface area contributed by atoms with Crippen LogP contribution < -0.4 is 9.47 Å². The zero-order chi connectivity index (χ0) is 36.5. The van der Waals surface area contributed by atoms with Crippen molar-refractivity contribution in [1.29, 1.82) is 0 Å². The molecule has 7 atom stereocenters. The maximum Gasteiger partial charge on any atom is 0.273 e. The molecule has 282 valence electrons. The number of nitro groups is 1. The summed E-state index contributed by atoms with van der Waals surface area (Å²) in [5, 5.41) is 35.8. The fourth-order valence-electron chi connectivity index (χ4n) is 8.45. The number of nitrogens with zero attached hydrogens (tertiary/aromatic N) is 2. The van der Waals surface area contributed by atoms with Gasteiger partial charge in [0.1, 0.15) is 17.2 Å². The molecular weight excluding hydrogens is 685 g/mol. The van der Waals surface area contributed by atoms with Gasteiger partial charge in [0, 0.05) is 43.6 Å². The Labute approximate surface area is 310 Å². The lowest BCUT2D eigenvalue weighted by molar-refractivity contribution is -0.384. The van der Waals surface area contributed by atoms with E-state index in [0.29, 0.717) is 49.7 Å². The van der Waals surface area contributed by atoms with E-state index in [1.807, 2.05) is 18.2 Å². The first kappa shape index (κ1) is 38.3. The zero-order valence-corrected chi connectivity index (χ0v) is 30.8. The van der Waals surface area contributed by atoms with Crippen molar-refractivity contribution in [1.82, 2.24) is 0 Å². The van der Waals surface area contributed by atoms with Crippen LogP contribution in [0.25, 0.3) is 0 Å². The predicted octanol–water partition coefficient (Wildman–Crippen LogP) is 8.30. The van der Waals surface area contributed by atoms with Crippen molar-refractivity contribution in [3.63, 3.8) is 0 Å². The molecule has 4 aliphatic rings. The average Bonchev–Trinajstić information content (AvgIpc) is 3.16. The van der Waals surface area contributed by atoms with Gasteiger partial charge in [0.2, 0.25) is 12.1 Å². The number of ether oxygens (including phenoxy) is 4. The molecule has 6 rings (SSSR count). The highest BCUT2D eigenvalue weighted by Crippen LogP contribution is 2.62. The molecule has 2 aromatic carbocycles. The van der Waals surface area contributed by atoms with Gasteiger partial charge in [-0.15, -0.1) is 6.58 Å². The molecule has 2 fully saturated rings. The number of thioether (sulfide) groups is 1. The smallest absolute Gasteiger partial charge is 0.273 e. The standard InChI is InChI=1S/C40H52N2O9S/c1-3-21-48-40-36(52-4-2)26-34(41-51-37-16-7-10-22-47-37)32-23-27(12-5-8-19-43)31(15-6-9-20-44)38(39(32)40)33-25-30(17-18-35(33)50-40)49-29-14-11-13-28(24-29)42(45)46/h3,11,13-14,17-18,23-25,27,31,36-39,43-44H,1,4-10,12,15-16,19-22,26H2,2H3/t27-,31+,36-,37?,38+,39+,40+/m0/s1. The molecule has 11 nitrogen and oxygen atoms in total. The van der Waals surface area contributed by atoms with Gasteiger partial charge < -0.3 is 34.0 Å². The molecule has 0 bridgehead atoms. The first-order valence-corrected chi connectivity index (χ1v) is 19.9. The van der Waals surface area contributed by atoms with E-state index in [1.54, 1.807) is 30.0 Å². The van der Waals surface area contributed by atoms with Crippen LogP contribution in [0.4, 0.5) is 5.69 Å². The first-order chi connectivity index (χ1) is 25.4. The van der Waals surface area contributed by atoms with Crippen molar-refractivity contribution in [2.75, 3.05) is 32.2 Å². The van der Waals surface area contributed by atoms with Gasteiger partial charge in [-0.25, -0.2) is 0 Å². The summed E-state index contributed by atoms with van der Waals surface area (Å²) in [6.07, 6.45) is 12.0. The molecule has 2 N–H and O–H groups in total. The van der Waals surface area contributed by atoms with Gasteiger partial charge in [0.15, 0.2) is 0 Å². The van der Waals surface area contributed by atoms with Crippen molar-refractivity contribution in [3.8, 4) is 17.2 Å². The highest BCUT2D eigenvalue weighted by Gasteiger charge is 2.63. The molecule has 2 aliphatic carbocycles. The molecular formula is C40H52N2O9S. The summed E-state index contributed by atoms with van der Waals surface area (Å²) in [5.74, 6) is 1.40. The zero-order valence-electron chi connectivity index (χ0n) is 30.0. The minimum absolute atomic E-state index is 0.0472. The quantitative estimate of drug-likeness (QED) is 0.0664. The molecule has 2 aliphatic heterocycles. The van der Waals surface area contributed by atoms with E-state index in [0.717, 1.165) is 67.5 Å². The van der Waals surface area contributed by atoms with Crippen molar-refractivity contribution in [2.24, 2.45) is 22.9 Å². The molecule has 1 saturated heterocycles. The molecule has 0 amide bonds. The molecule has 1 unspecified atom stereocenters. The molecule has 2 heterocycles. The topological polar surface area (TPSA) is 142 Å². The molecule has 2 aromatic rings. The lowest BCUT2D eigenvalue weighted by Crippen LogP contribution is -2.64. The summed E-state index contributed by atoms with van der Waals surface area (Å²) in [7, 11) is 0. The summed E-state index contributed by atoms with van der Waals surface area (Å²) < 4.78 is 26.3. The first-order valence-electron chi connectivity index (χ1n) is 18.8. The number of fused-ring (bicyclic) bond motifs is 2. The third kappa shape index (κ3) is 8.36. The van der Waals surface area contributed by atoms with Crippen LogP contribution in [0, 0.1) is 27.9 Å². The number of rotatable bonds is 18. The number of hydrogen-bond acceptors (Lipinski definition) is 11. The van der Waals surface area contributed by atoms with Gasteiger partial charge in [0.25, 0.3) is 5.69 Å². The minimum atomic E-state index is -1.04. The summed E-state index contributed by atoms with van der Waals surface area (Å²) in [6, 6.07) is 12.0. The SMILES string of the molecule is C=CCO[C@@]12Oc3ccc(Oc4cccc([N+](=O)[O-])c4)cc3[C@H]3[C@H](CCCCO)[C@@H](CCCCO)C=C(C(=NOC4CCCCO4)C[C@@H]1SCC)[C@H]32. The third-order valence-electron chi connectivity index (χ3n) is 10.7. The van der Waals surface area contributed by atoms with Gasteiger partial charge in [0.05, 0.1) is 41.1 Å². The lowest BCUT2D eigenvalue weighted by atomic mass is 9.56. The van der Waals surface area contributed by atoms with Gasteiger partial charge in [-0.3, -0.25) is 10.1 Å². The fraction of sp³-hybridized carbons (Fsp3) is 0.575. The Morgan fingerprint density at radius 1 is 1.10 bits per heavy atom. The van der Waals surface area contributed by atoms with E-state index in [1.165, 1.54) is 12.1 Å². The minimum Gasteiger partial charge on any atom is -0.460 e. The summed E-state index contributed by atoms with van der Waals surface area (Å²) >= 11 is 1.79. The van der Waals surface area contributed by atoms with E-state index in [2.05, 4.69) is 19.6 Å². The second-order valence-electron chi connectivity index (χ2n) is 14.0. The van der Waals surface area contributed by atoms with E-state index >= 15 is 0 Å². The molecule has 0 spiro atoms. The number of oxime groups is 1. The van der Waals surface area contributed by atoms with Crippen LogP contribution in [0.5, 0.6) is 17.2 Å².